The van der Waals surface area contributed by atoms with Crippen LogP contribution in [-0.2, 0) is 19.1 Å². The molecule has 0 unspecified atom stereocenters. The Kier molecular flexibility index (Phi) is 10.6. The second-order valence-corrected chi connectivity index (χ2v) is 4.87. The molecule has 20 heavy (non-hydrogen) atoms. The molecule has 116 valence electrons. The van der Waals surface area contributed by atoms with E-state index in [1.807, 2.05) is 0 Å². The second kappa shape index (κ2) is 11.4. The van der Waals surface area contributed by atoms with Crippen molar-refractivity contribution in [2.75, 3.05) is 0 Å². The average molecular weight is 287 g/mol. The van der Waals surface area contributed by atoms with Crippen LogP contribution < -0.4 is 5.73 Å². The van der Waals surface area contributed by atoms with E-state index in [0.29, 0.717) is 6.42 Å². The molecule has 1 atom stereocenters. The van der Waals surface area contributed by atoms with Crippen molar-refractivity contribution in [3.05, 3.63) is 0 Å². The van der Waals surface area contributed by atoms with Gasteiger partial charge in [0.1, 0.15) is 6.04 Å². The van der Waals surface area contributed by atoms with Crippen molar-refractivity contribution < 1.29 is 24.2 Å². The molecule has 0 saturated heterocycles. The Balaban J connectivity index is 3.62. The van der Waals surface area contributed by atoms with Crippen molar-refractivity contribution in [3.8, 4) is 0 Å². The molecule has 0 rings (SSSR count). The van der Waals surface area contributed by atoms with Crippen LogP contribution in [0.3, 0.4) is 0 Å². The number of esters is 2. The van der Waals surface area contributed by atoms with Crippen molar-refractivity contribution in [2.45, 2.75) is 70.8 Å². The topological polar surface area (TPSA) is 107 Å². The Morgan fingerprint density at radius 1 is 1.05 bits per heavy atom. The number of nitrogens with two attached hydrogens (primary N) is 1. The van der Waals surface area contributed by atoms with Crippen LogP contribution in [0.2, 0.25) is 0 Å². The molecule has 0 aliphatic rings. The number of aliphatic carboxylic acids is 1. The first-order valence-corrected chi connectivity index (χ1v) is 7.19. The van der Waals surface area contributed by atoms with Gasteiger partial charge in [-0.25, -0.2) is 4.79 Å². The minimum Gasteiger partial charge on any atom is -0.481 e. The number of rotatable bonds is 11. The molecule has 0 aromatic heterocycles. The maximum atomic E-state index is 11.3. The molecule has 0 spiro atoms. The Labute approximate surface area is 119 Å². The molecule has 0 bridgehead atoms. The third kappa shape index (κ3) is 10.5. The summed E-state index contributed by atoms with van der Waals surface area (Å²) in [5.41, 5.74) is 5.28. The van der Waals surface area contributed by atoms with E-state index in [-0.39, 0.29) is 6.42 Å². The summed E-state index contributed by atoms with van der Waals surface area (Å²) in [5, 5.41) is 8.46. The minimum atomic E-state index is -1.29. The molecule has 6 nitrogen and oxygen atoms in total. The van der Waals surface area contributed by atoms with Crippen LogP contribution in [0.25, 0.3) is 0 Å². The van der Waals surface area contributed by atoms with Gasteiger partial charge < -0.3 is 15.6 Å². The lowest BCUT2D eigenvalue weighted by molar-refractivity contribution is -0.162. The number of carbonyl (C=O) groups is 3. The molecule has 0 aromatic carbocycles. The van der Waals surface area contributed by atoms with Crippen LogP contribution in [0.5, 0.6) is 0 Å². The molecule has 0 fully saturated rings. The molecule has 0 aromatic rings. The van der Waals surface area contributed by atoms with E-state index < -0.39 is 30.4 Å². The van der Waals surface area contributed by atoms with Gasteiger partial charge in [0.15, 0.2) is 0 Å². The third-order valence-corrected chi connectivity index (χ3v) is 2.90. The normalized spacial score (nSPS) is 11.9. The summed E-state index contributed by atoms with van der Waals surface area (Å²) in [6, 6.07) is -1.29. The number of carboxylic acids is 1. The van der Waals surface area contributed by atoms with Gasteiger partial charge in [-0.2, -0.15) is 0 Å². The molecule has 0 amide bonds. The zero-order chi connectivity index (χ0) is 15.4. The number of hydrogen-bond donors (Lipinski definition) is 2. The van der Waals surface area contributed by atoms with E-state index in [1.54, 1.807) is 0 Å². The number of unbranched alkanes of at least 4 members (excludes halogenated alkanes) is 6. The van der Waals surface area contributed by atoms with Crippen LogP contribution in [0.4, 0.5) is 0 Å². The fraction of sp³-hybridized carbons (Fsp3) is 0.786. The zero-order valence-corrected chi connectivity index (χ0v) is 12.1. The predicted octanol–water partition coefficient (Wildman–Crippen LogP) is 2.00. The molecular formula is C14H25NO5. The summed E-state index contributed by atoms with van der Waals surface area (Å²) in [6.07, 6.45) is 7.10. The van der Waals surface area contributed by atoms with Gasteiger partial charge >= 0.3 is 17.9 Å². The molecule has 3 N–H and O–H groups in total. The van der Waals surface area contributed by atoms with E-state index in [1.165, 1.54) is 19.3 Å². The Bertz CT molecular complexity index is 317. The van der Waals surface area contributed by atoms with Crippen molar-refractivity contribution in [1.29, 1.82) is 0 Å². The van der Waals surface area contributed by atoms with Gasteiger partial charge in [0.05, 0.1) is 6.42 Å². The highest BCUT2D eigenvalue weighted by Crippen LogP contribution is 2.09. The zero-order valence-electron chi connectivity index (χ0n) is 12.1. The standard InChI is InChI=1S/C14H25NO5/c1-2-3-4-5-6-7-8-9-13(18)20-14(19)11(15)10-12(16)17/h11H,2-10,15H2,1H3,(H,16,17)/t11-/m0/s1. The molecule has 0 heterocycles. The lowest BCUT2D eigenvalue weighted by Crippen LogP contribution is -2.35. The van der Waals surface area contributed by atoms with E-state index in [4.69, 9.17) is 10.8 Å². The summed E-state index contributed by atoms with van der Waals surface area (Å²) in [5.74, 6) is -2.81. The molecule has 0 aliphatic carbocycles. The van der Waals surface area contributed by atoms with Gasteiger partial charge in [-0.3, -0.25) is 9.59 Å². The van der Waals surface area contributed by atoms with Gasteiger partial charge in [0, 0.05) is 6.42 Å². The maximum Gasteiger partial charge on any atom is 0.331 e. The summed E-state index contributed by atoms with van der Waals surface area (Å²) < 4.78 is 4.49. The summed E-state index contributed by atoms with van der Waals surface area (Å²) in [7, 11) is 0. The minimum absolute atomic E-state index is 0.166. The second-order valence-electron chi connectivity index (χ2n) is 4.87. The van der Waals surface area contributed by atoms with Crippen molar-refractivity contribution in [1.82, 2.24) is 0 Å². The van der Waals surface area contributed by atoms with Crippen LogP contribution in [0, 0.1) is 0 Å². The van der Waals surface area contributed by atoms with Crippen LogP contribution >= 0.6 is 0 Å². The van der Waals surface area contributed by atoms with E-state index in [2.05, 4.69) is 11.7 Å². The third-order valence-electron chi connectivity index (χ3n) is 2.90. The molecule has 0 saturated carbocycles. The lowest BCUT2D eigenvalue weighted by Gasteiger charge is -2.07. The highest BCUT2D eigenvalue weighted by molar-refractivity contribution is 5.90. The Hall–Kier alpha value is -1.43. The number of carbonyl (C=O) groups excluding carboxylic acids is 2. The van der Waals surface area contributed by atoms with E-state index in [9.17, 15) is 14.4 Å². The van der Waals surface area contributed by atoms with E-state index in [0.717, 1.165) is 19.3 Å². The number of hydrogen-bond acceptors (Lipinski definition) is 5. The fourth-order valence-electron chi connectivity index (χ4n) is 1.74. The summed E-state index contributed by atoms with van der Waals surface area (Å²) in [4.78, 5) is 32.9. The van der Waals surface area contributed by atoms with Gasteiger partial charge in [0.25, 0.3) is 0 Å². The van der Waals surface area contributed by atoms with Crippen LogP contribution in [0.1, 0.15) is 64.7 Å². The van der Waals surface area contributed by atoms with Crippen LogP contribution in [0.15, 0.2) is 0 Å². The predicted molar refractivity (Wildman–Crippen MR) is 73.9 cm³/mol. The summed E-state index contributed by atoms with van der Waals surface area (Å²) in [6.45, 7) is 2.15. The Morgan fingerprint density at radius 2 is 1.60 bits per heavy atom. The molecule has 6 heteroatoms. The monoisotopic (exact) mass is 287 g/mol. The average Bonchev–Trinajstić information content (AvgIpc) is 2.36. The first-order valence-electron chi connectivity index (χ1n) is 7.19. The number of ether oxygens (including phenoxy) is 1. The van der Waals surface area contributed by atoms with E-state index >= 15 is 0 Å². The summed E-state index contributed by atoms with van der Waals surface area (Å²) >= 11 is 0. The van der Waals surface area contributed by atoms with Gasteiger partial charge in [-0.15, -0.1) is 0 Å². The molecular weight excluding hydrogens is 262 g/mol. The maximum absolute atomic E-state index is 11.3. The SMILES string of the molecule is CCCCCCCCCC(=O)OC(=O)[C@@H](N)CC(=O)O. The largest absolute Gasteiger partial charge is 0.481 e. The molecule has 0 radical (unpaired) electrons. The first kappa shape index (κ1) is 18.6. The number of carboxylic acid groups (broad SMARTS) is 1. The van der Waals surface area contributed by atoms with Crippen molar-refractivity contribution in [2.24, 2.45) is 5.73 Å². The van der Waals surface area contributed by atoms with Crippen molar-refractivity contribution >= 4 is 17.9 Å². The highest BCUT2D eigenvalue weighted by atomic mass is 16.6. The van der Waals surface area contributed by atoms with Gasteiger partial charge in [-0.05, 0) is 6.42 Å². The lowest BCUT2D eigenvalue weighted by atomic mass is 10.1. The highest BCUT2D eigenvalue weighted by Gasteiger charge is 2.21. The van der Waals surface area contributed by atoms with Gasteiger partial charge in [-0.1, -0.05) is 45.4 Å². The molecule has 0 aliphatic heterocycles. The first-order chi connectivity index (χ1) is 9.47. The van der Waals surface area contributed by atoms with Crippen molar-refractivity contribution in [3.63, 3.8) is 0 Å². The smallest absolute Gasteiger partial charge is 0.331 e. The van der Waals surface area contributed by atoms with Gasteiger partial charge in [0.2, 0.25) is 0 Å². The van der Waals surface area contributed by atoms with Crippen LogP contribution in [-0.4, -0.2) is 29.1 Å². The fourth-order valence-corrected chi connectivity index (χ4v) is 1.74. The Morgan fingerprint density at radius 3 is 2.15 bits per heavy atom. The quantitative estimate of drug-likeness (QED) is 0.342.